The Balaban J connectivity index is 2.16. The second-order valence-electron chi connectivity index (χ2n) is 5.07. The van der Waals surface area contributed by atoms with E-state index in [1.165, 1.54) is 32.1 Å². The van der Waals surface area contributed by atoms with Gasteiger partial charge < -0.3 is 13.6 Å². The monoisotopic (exact) mass is 258 g/mol. The molecule has 1 aliphatic heterocycles. The molecule has 4 heteroatoms. The zero-order valence-electron chi connectivity index (χ0n) is 11.2. The summed E-state index contributed by atoms with van der Waals surface area (Å²) in [5.41, 5.74) is 0.941. The van der Waals surface area contributed by atoms with Crippen LogP contribution in [0.2, 0.25) is 5.54 Å². The molecule has 0 amide bonds. The lowest BCUT2D eigenvalue weighted by atomic mass is 10.4. The fraction of sp³-hybridized carbons (Fsp3) is 1.00. The molecule has 1 saturated heterocycles. The molecular weight excluding hydrogens is 232 g/mol. The van der Waals surface area contributed by atoms with Crippen LogP contribution in [-0.4, -0.2) is 34.1 Å². The van der Waals surface area contributed by atoms with Crippen molar-refractivity contribution in [3.63, 3.8) is 0 Å². The van der Waals surface area contributed by atoms with Crippen LogP contribution >= 0.6 is 0 Å². The molecule has 17 heavy (non-hydrogen) atoms. The Kier molecular flexibility index (Phi) is 5.03. The molecule has 100 valence electrons. The highest BCUT2D eigenvalue weighted by Crippen LogP contribution is 2.44. The second kappa shape index (κ2) is 6.32. The quantitative estimate of drug-likeness (QED) is 0.685. The highest BCUT2D eigenvalue weighted by atomic mass is 28.4. The van der Waals surface area contributed by atoms with Crippen LogP contribution in [0.1, 0.15) is 52.4 Å². The summed E-state index contributed by atoms with van der Waals surface area (Å²) in [7, 11) is -2.15. The lowest BCUT2D eigenvalue weighted by Gasteiger charge is -2.38. The van der Waals surface area contributed by atoms with Crippen molar-refractivity contribution in [2.45, 2.75) is 63.6 Å². The smallest absolute Gasteiger partial charge is 0.371 e. The Morgan fingerprint density at radius 1 is 1.00 bits per heavy atom. The zero-order valence-corrected chi connectivity index (χ0v) is 12.2. The molecule has 1 aliphatic carbocycles. The molecule has 3 nitrogen and oxygen atoms in total. The molecule has 0 spiro atoms. The Hall–Kier alpha value is 0.0969. The van der Waals surface area contributed by atoms with Gasteiger partial charge in [-0.05, 0) is 39.5 Å². The summed E-state index contributed by atoms with van der Waals surface area (Å²) in [5, 5.41) is 0. The molecule has 1 heterocycles. The van der Waals surface area contributed by atoms with Crippen LogP contribution in [0.5, 0.6) is 0 Å². The minimum Gasteiger partial charge on any atom is -0.393 e. The van der Waals surface area contributed by atoms with Crippen molar-refractivity contribution in [1.29, 1.82) is 0 Å². The SMILES string of the molecule is CCO[Si](OCC)(C1CCCC1)C1CCCO1. The fourth-order valence-corrected chi connectivity index (χ4v) is 7.92. The molecule has 1 saturated carbocycles. The minimum absolute atomic E-state index is 0.283. The van der Waals surface area contributed by atoms with E-state index in [0.29, 0.717) is 5.54 Å². The molecule has 0 aromatic rings. The van der Waals surface area contributed by atoms with E-state index in [1.807, 2.05) is 0 Å². The largest absolute Gasteiger partial charge is 0.393 e. The van der Waals surface area contributed by atoms with Gasteiger partial charge in [0.2, 0.25) is 0 Å². The molecule has 0 aromatic heterocycles. The molecular formula is C13H26O3Si. The number of hydrogen-bond acceptors (Lipinski definition) is 3. The number of rotatable bonds is 6. The van der Waals surface area contributed by atoms with Crippen LogP contribution < -0.4 is 0 Å². The van der Waals surface area contributed by atoms with Crippen LogP contribution in [0, 0.1) is 0 Å². The normalized spacial score (nSPS) is 26.8. The lowest BCUT2D eigenvalue weighted by Crippen LogP contribution is -2.56. The highest BCUT2D eigenvalue weighted by molar-refractivity contribution is 6.70. The van der Waals surface area contributed by atoms with Gasteiger partial charge in [-0.1, -0.05) is 12.8 Å². The summed E-state index contributed by atoms with van der Waals surface area (Å²) in [5.74, 6) is 0. The van der Waals surface area contributed by atoms with E-state index in [0.717, 1.165) is 26.2 Å². The maximum Gasteiger partial charge on any atom is 0.371 e. The van der Waals surface area contributed by atoms with Crippen LogP contribution in [0.4, 0.5) is 0 Å². The maximum absolute atomic E-state index is 6.23. The van der Waals surface area contributed by atoms with Gasteiger partial charge in [0.25, 0.3) is 0 Å². The number of hydrogen-bond donors (Lipinski definition) is 0. The fourth-order valence-electron chi connectivity index (χ4n) is 3.40. The van der Waals surface area contributed by atoms with E-state index in [1.54, 1.807) is 0 Å². The van der Waals surface area contributed by atoms with Crippen molar-refractivity contribution in [2.24, 2.45) is 0 Å². The van der Waals surface area contributed by atoms with Gasteiger partial charge >= 0.3 is 8.56 Å². The lowest BCUT2D eigenvalue weighted by molar-refractivity contribution is 0.0775. The second-order valence-corrected chi connectivity index (χ2v) is 8.55. The van der Waals surface area contributed by atoms with Gasteiger partial charge in [0.05, 0.1) is 0 Å². The van der Waals surface area contributed by atoms with E-state index in [4.69, 9.17) is 13.6 Å². The first-order valence-corrected chi connectivity index (χ1v) is 9.20. The summed E-state index contributed by atoms with van der Waals surface area (Å²) in [6.45, 7) is 6.60. The first-order valence-electron chi connectivity index (χ1n) is 7.23. The van der Waals surface area contributed by atoms with Crippen molar-refractivity contribution < 1.29 is 13.6 Å². The van der Waals surface area contributed by atoms with Gasteiger partial charge in [0.1, 0.15) is 5.73 Å². The molecule has 2 fully saturated rings. The van der Waals surface area contributed by atoms with Crippen molar-refractivity contribution in [3.8, 4) is 0 Å². The Labute approximate surface area is 106 Å². The molecule has 2 rings (SSSR count). The van der Waals surface area contributed by atoms with Gasteiger partial charge in [-0.3, -0.25) is 0 Å². The third-order valence-corrected chi connectivity index (χ3v) is 8.59. The van der Waals surface area contributed by atoms with Gasteiger partial charge in [-0.15, -0.1) is 0 Å². The van der Waals surface area contributed by atoms with Crippen molar-refractivity contribution in [1.82, 2.24) is 0 Å². The summed E-state index contributed by atoms with van der Waals surface area (Å²) >= 11 is 0. The summed E-state index contributed by atoms with van der Waals surface area (Å²) in [6.07, 6.45) is 7.56. The Bertz CT molecular complexity index is 199. The Morgan fingerprint density at radius 3 is 2.12 bits per heavy atom. The van der Waals surface area contributed by atoms with E-state index in [-0.39, 0.29) is 5.73 Å². The molecule has 0 radical (unpaired) electrons. The first kappa shape index (κ1) is 13.5. The van der Waals surface area contributed by atoms with Crippen LogP contribution in [0.15, 0.2) is 0 Å². The van der Waals surface area contributed by atoms with E-state index >= 15 is 0 Å². The first-order chi connectivity index (χ1) is 8.33. The molecule has 1 unspecified atom stereocenters. The maximum atomic E-state index is 6.23. The number of ether oxygens (including phenoxy) is 1. The summed E-state index contributed by atoms with van der Waals surface area (Å²) < 4.78 is 18.4. The molecule has 1 atom stereocenters. The van der Waals surface area contributed by atoms with Crippen LogP contribution in [0.25, 0.3) is 0 Å². The third kappa shape index (κ3) is 2.75. The highest BCUT2D eigenvalue weighted by Gasteiger charge is 2.54. The van der Waals surface area contributed by atoms with Crippen molar-refractivity contribution in [2.75, 3.05) is 19.8 Å². The van der Waals surface area contributed by atoms with E-state index < -0.39 is 8.56 Å². The van der Waals surface area contributed by atoms with Gasteiger partial charge in [0, 0.05) is 25.4 Å². The molecule has 0 bridgehead atoms. The van der Waals surface area contributed by atoms with Gasteiger partial charge in [0.15, 0.2) is 0 Å². The molecule has 0 N–H and O–H groups in total. The molecule has 2 aliphatic rings. The third-order valence-electron chi connectivity index (χ3n) is 4.04. The molecule has 0 aromatic carbocycles. The predicted molar refractivity (Wildman–Crippen MR) is 70.2 cm³/mol. The van der Waals surface area contributed by atoms with Crippen LogP contribution in [0.3, 0.4) is 0 Å². The van der Waals surface area contributed by atoms with Crippen molar-refractivity contribution in [3.05, 3.63) is 0 Å². The van der Waals surface area contributed by atoms with Crippen LogP contribution in [-0.2, 0) is 13.6 Å². The Morgan fingerprint density at radius 2 is 1.65 bits per heavy atom. The van der Waals surface area contributed by atoms with Gasteiger partial charge in [-0.2, -0.15) is 0 Å². The van der Waals surface area contributed by atoms with Crippen molar-refractivity contribution >= 4 is 8.56 Å². The summed E-state index contributed by atoms with van der Waals surface area (Å²) in [6, 6.07) is 0. The zero-order chi connectivity index (χ0) is 12.1. The average Bonchev–Trinajstić information content (AvgIpc) is 3.02. The standard InChI is InChI=1S/C13H26O3Si/c1-3-15-17(16-4-2,12-8-5-6-9-12)13-10-7-11-14-13/h12-13H,3-11H2,1-2H3. The summed E-state index contributed by atoms with van der Waals surface area (Å²) in [4.78, 5) is 0. The minimum atomic E-state index is -2.15. The topological polar surface area (TPSA) is 27.7 Å². The predicted octanol–water partition coefficient (Wildman–Crippen LogP) is 3.16. The van der Waals surface area contributed by atoms with Gasteiger partial charge in [-0.25, -0.2) is 0 Å². The van der Waals surface area contributed by atoms with E-state index in [2.05, 4.69) is 13.8 Å². The average molecular weight is 258 g/mol. The van der Waals surface area contributed by atoms with E-state index in [9.17, 15) is 0 Å².